The predicted molar refractivity (Wildman–Crippen MR) is 69.0 cm³/mol. The van der Waals surface area contributed by atoms with Gasteiger partial charge in [-0.2, -0.15) is 0 Å². The van der Waals surface area contributed by atoms with Crippen LogP contribution >= 0.6 is 0 Å². The number of piperazine rings is 3. The molecular weight excluding hydrogens is 210 g/mol. The van der Waals surface area contributed by atoms with Crippen molar-refractivity contribution in [3.63, 3.8) is 0 Å². The van der Waals surface area contributed by atoms with Gasteiger partial charge >= 0.3 is 0 Å². The Kier molecular flexibility index (Phi) is 2.67. The molecule has 3 aliphatic heterocycles. The lowest BCUT2D eigenvalue weighted by Crippen LogP contribution is -2.63. The first-order valence-corrected chi connectivity index (χ1v) is 7.60. The minimum absolute atomic E-state index is 0.803. The molecule has 96 valence electrons. The number of nitrogens with one attached hydrogen (secondary N) is 1. The second kappa shape index (κ2) is 4.22. The third-order valence-electron chi connectivity index (χ3n) is 5.24. The van der Waals surface area contributed by atoms with Gasteiger partial charge in [0.05, 0.1) is 0 Å². The number of hydrogen-bond donors (Lipinski definition) is 1. The van der Waals surface area contributed by atoms with Crippen molar-refractivity contribution in [3.8, 4) is 0 Å². The van der Waals surface area contributed by atoms with E-state index in [-0.39, 0.29) is 0 Å². The molecule has 5 rings (SSSR count). The van der Waals surface area contributed by atoms with Gasteiger partial charge in [-0.3, -0.25) is 9.80 Å². The lowest BCUT2D eigenvalue weighted by atomic mass is 10.0. The summed E-state index contributed by atoms with van der Waals surface area (Å²) in [5.74, 6) is 2.08. The molecule has 3 heterocycles. The first-order chi connectivity index (χ1) is 8.40. The third-order valence-corrected chi connectivity index (χ3v) is 5.24. The van der Waals surface area contributed by atoms with Crippen molar-refractivity contribution >= 4 is 0 Å². The fourth-order valence-corrected chi connectivity index (χ4v) is 3.82. The minimum Gasteiger partial charge on any atom is -0.312 e. The maximum Gasteiger partial charge on any atom is 0.0349 e. The van der Waals surface area contributed by atoms with Crippen LogP contribution in [0.15, 0.2) is 0 Å². The average molecular weight is 235 g/mol. The largest absolute Gasteiger partial charge is 0.312 e. The Hall–Kier alpha value is -0.120. The standard InChI is InChI=1S/C14H25N3/c1-2-11(1)14(12-3-4-12)15-9-13-10-16-5-7-17(13)8-6-16/h11-15H,1-10H2. The normalized spacial score (nSPS) is 41.1. The van der Waals surface area contributed by atoms with Crippen molar-refractivity contribution in [1.29, 1.82) is 0 Å². The smallest absolute Gasteiger partial charge is 0.0349 e. The van der Waals surface area contributed by atoms with Crippen LogP contribution in [0.25, 0.3) is 0 Å². The zero-order valence-electron chi connectivity index (χ0n) is 10.8. The molecule has 17 heavy (non-hydrogen) atoms. The van der Waals surface area contributed by atoms with Gasteiger partial charge in [0.1, 0.15) is 0 Å². The molecule has 0 aromatic carbocycles. The zero-order valence-corrected chi connectivity index (χ0v) is 10.8. The van der Waals surface area contributed by atoms with Crippen LogP contribution in [0.1, 0.15) is 25.7 Å². The van der Waals surface area contributed by atoms with Crippen LogP contribution in [-0.4, -0.2) is 61.2 Å². The monoisotopic (exact) mass is 235 g/mol. The Balaban J connectivity index is 1.31. The summed E-state index contributed by atoms with van der Waals surface area (Å²) in [5.41, 5.74) is 0. The summed E-state index contributed by atoms with van der Waals surface area (Å²) in [7, 11) is 0. The van der Waals surface area contributed by atoms with E-state index in [1.54, 1.807) is 0 Å². The molecule has 5 fully saturated rings. The number of hydrogen-bond acceptors (Lipinski definition) is 3. The highest BCUT2D eigenvalue weighted by molar-refractivity contribution is 4.98. The quantitative estimate of drug-likeness (QED) is 0.759. The van der Waals surface area contributed by atoms with Crippen molar-refractivity contribution in [2.45, 2.75) is 37.8 Å². The fraction of sp³-hybridized carbons (Fsp3) is 1.00. The van der Waals surface area contributed by atoms with Gasteiger partial charge in [0, 0.05) is 51.4 Å². The molecular formula is C14H25N3. The lowest BCUT2D eigenvalue weighted by Gasteiger charge is -2.48. The van der Waals surface area contributed by atoms with Gasteiger partial charge in [0.25, 0.3) is 0 Å². The first-order valence-electron chi connectivity index (χ1n) is 7.60. The second-order valence-corrected chi connectivity index (χ2v) is 6.60. The van der Waals surface area contributed by atoms with E-state index < -0.39 is 0 Å². The molecule has 1 atom stereocenters. The van der Waals surface area contributed by atoms with Crippen molar-refractivity contribution in [3.05, 3.63) is 0 Å². The molecule has 3 heteroatoms. The number of rotatable bonds is 5. The minimum atomic E-state index is 0.803. The molecule has 0 aromatic heterocycles. The van der Waals surface area contributed by atoms with Crippen molar-refractivity contribution in [2.75, 3.05) is 39.3 Å². The van der Waals surface area contributed by atoms with Crippen molar-refractivity contribution < 1.29 is 0 Å². The maximum atomic E-state index is 3.93. The molecule has 1 unspecified atom stereocenters. The highest BCUT2D eigenvalue weighted by Crippen LogP contribution is 2.44. The molecule has 0 radical (unpaired) electrons. The molecule has 3 saturated heterocycles. The average Bonchev–Trinajstić information content (AvgIpc) is 3.25. The molecule has 3 nitrogen and oxygen atoms in total. The van der Waals surface area contributed by atoms with Crippen LogP contribution in [-0.2, 0) is 0 Å². The molecule has 0 amide bonds. The molecule has 5 aliphatic rings. The Morgan fingerprint density at radius 3 is 2.06 bits per heavy atom. The molecule has 1 N–H and O–H groups in total. The number of fused-ring (bicyclic) bond motifs is 3. The van der Waals surface area contributed by atoms with E-state index in [2.05, 4.69) is 15.1 Å². The first kappa shape index (κ1) is 10.8. The number of nitrogens with zero attached hydrogens (tertiary/aromatic N) is 2. The van der Waals surface area contributed by atoms with Gasteiger partial charge in [-0.1, -0.05) is 0 Å². The third kappa shape index (κ3) is 2.25. The van der Waals surface area contributed by atoms with E-state index in [0.29, 0.717) is 0 Å². The Labute approximate surface area is 105 Å². The molecule has 2 aliphatic carbocycles. The van der Waals surface area contributed by atoms with Gasteiger partial charge in [0.2, 0.25) is 0 Å². The summed E-state index contributed by atoms with van der Waals surface area (Å²) in [5, 5.41) is 3.93. The summed E-state index contributed by atoms with van der Waals surface area (Å²) >= 11 is 0. The van der Waals surface area contributed by atoms with Crippen molar-refractivity contribution in [1.82, 2.24) is 15.1 Å². The van der Waals surface area contributed by atoms with E-state index in [1.807, 2.05) is 0 Å². The summed E-state index contributed by atoms with van der Waals surface area (Å²) < 4.78 is 0. The predicted octanol–water partition coefficient (Wildman–Crippen LogP) is 0.764. The van der Waals surface area contributed by atoms with Crippen molar-refractivity contribution in [2.24, 2.45) is 11.8 Å². The lowest BCUT2D eigenvalue weighted by molar-refractivity contribution is 0.0121. The molecule has 2 saturated carbocycles. The fourth-order valence-electron chi connectivity index (χ4n) is 3.82. The van der Waals surface area contributed by atoms with Crippen LogP contribution in [0.4, 0.5) is 0 Å². The van der Waals surface area contributed by atoms with Crippen LogP contribution in [0.5, 0.6) is 0 Å². The van der Waals surface area contributed by atoms with Gasteiger partial charge < -0.3 is 5.32 Å². The Bertz CT molecular complexity index is 265. The van der Waals surface area contributed by atoms with Gasteiger partial charge in [-0.05, 0) is 37.5 Å². The van der Waals surface area contributed by atoms with Crippen LogP contribution in [0, 0.1) is 11.8 Å². The van der Waals surface area contributed by atoms with E-state index in [4.69, 9.17) is 0 Å². The van der Waals surface area contributed by atoms with Gasteiger partial charge in [-0.15, -0.1) is 0 Å². The van der Waals surface area contributed by atoms with E-state index in [0.717, 1.165) is 23.9 Å². The summed E-state index contributed by atoms with van der Waals surface area (Å²) in [6.45, 7) is 7.80. The zero-order chi connectivity index (χ0) is 11.2. The van der Waals surface area contributed by atoms with Gasteiger partial charge in [-0.25, -0.2) is 0 Å². The van der Waals surface area contributed by atoms with Crippen LogP contribution < -0.4 is 5.32 Å². The van der Waals surface area contributed by atoms with Gasteiger partial charge in [0.15, 0.2) is 0 Å². The maximum absolute atomic E-state index is 3.93. The summed E-state index contributed by atoms with van der Waals surface area (Å²) in [4.78, 5) is 5.36. The molecule has 2 bridgehead atoms. The molecule has 0 spiro atoms. The Morgan fingerprint density at radius 2 is 1.59 bits per heavy atom. The van der Waals surface area contributed by atoms with Crippen LogP contribution in [0.3, 0.4) is 0 Å². The SMILES string of the molecule is C1CC1C(NCC1CN2CCN1CC2)C1CC1. The second-order valence-electron chi connectivity index (χ2n) is 6.60. The van der Waals surface area contributed by atoms with Crippen LogP contribution in [0.2, 0.25) is 0 Å². The molecule has 0 aromatic rings. The topological polar surface area (TPSA) is 18.5 Å². The van der Waals surface area contributed by atoms with E-state index >= 15 is 0 Å². The van der Waals surface area contributed by atoms with E-state index in [1.165, 1.54) is 65.0 Å². The van der Waals surface area contributed by atoms with E-state index in [9.17, 15) is 0 Å². The summed E-state index contributed by atoms with van der Waals surface area (Å²) in [6, 6.07) is 1.68. The summed E-state index contributed by atoms with van der Waals surface area (Å²) in [6.07, 6.45) is 5.98. The Morgan fingerprint density at radius 1 is 0.941 bits per heavy atom. The highest BCUT2D eigenvalue weighted by atomic mass is 15.3. The highest BCUT2D eigenvalue weighted by Gasteiger charge is 2.42.